The van der Waals surface area contributed by atoms with Crippen LogP contribution in [0.3, 0.4) is 0 Å². The average Bonchev–Trinajstić information content (AvgIpc) is 4.07. The number of nitrogens with zero attached hydrogens (tertiary/aromatic N) is 2. The lowest BCUT2D eigenvalue weighted by Gasteiger charge is -2.34. The van der Waals surface area contributed by atoms with Gasteiger partial charge in [0.25, 0.3) is 0 Å². The van der Waals surface area contributed by atoms with Crippen molar-refractivity contribution in [1.82, 2.24) is 4.57 Å². The summed E-state index contributed by atoms with van der Waals surface area (Å²) in [6.07, 6.45) is 0. The third kappa shape index (κ3) is 5.87. The normalized spacial score (nSPS) is 16.6. The Morgan fingerprint density at radius 2 is 0.889 bits per heavy atom. The number of anilines is 3. The van der Waals surface area contributed by atoms with Crippen LogP contribution in [-0.4, -0.2) is 4.57 Å². The minimum absolute atomic E-state index is 0.0222. The molecule has 296 valence electrons. The van der Waals surface area contributed by atoms with Gasteiger partial charge >= 0.3 is 0 Å². The number of hydrogen-bond acceptors (Lipinski definition) is 1. The number of fused-ring (bicyclic) bond motifs is 6. The summed E-state index contributed by atoms with van der Waals surface area (Å²) in [5.74, 6) is 0. The van der Waals surface area contributed by atoms with Crippen LogP contribution in [0.4, 0.5) is 17.1 Å². The van der Waals surface area contributed by atoms with E-state index in [-0.39, 0.29) is 5.69 Å². The van der Waals surface area contributed by atoms with E-state index < -0.39 is 148 Å². The molecule has 0 atom stereocenters. The van der Waals surface area contributed by atoms with Crippen LogP contribution < -0.4 is 4.90 Å². The second-order valence-electron chi connectivity index (χ2n) is 15.1. The molecule has 1 aromatic heterocycles. The molecule has 12 rings (SSSR count). The molecule has 0 unspecified atom stereocenters. The van der Waals surface area contributed by atoms with Crippen molar-refractivity contribution in [1.29, 1.82) is 0 Å². The number of hydrogen-bond donors (Lipinski definition) is 0. The van der Waals surface area contributed by atoms with E-state index in [2.05, 4.69) is 53.1 Å². The Kier molecular flexibility index (Phi) is 5.40. The van der Waals surface area contributed by atoms with Crippen LogP contribution in [-0.2, 0) is 5.41 Å². The van der Waals surface area contributed by atoms with Crippen molar-refractivity contribution in [2.24, 2.45) is 0 Å². The highest BCUT2D eigenvalue weighted by Gasteiger charge is 2.47. The fraction of sp³-hybridized carbons (Fsp3) is 0.0164. The average molecular weight is 821 g/mol. The van der Waals surface area contributed by atoms with E-state index in [1.54, 1.807) is 18.2 Å². The molecule has 0 N–H and O–H groups in total. The lowest BCUT2D eigenvalue weighted by atomic mass is 9.68. The van der Waals surface area contributed by atoms with Gasteiger partial charge in [-0.05, 0) is 105 Å². The summed E-state index contributed by atoms with van der Waals surface area (Å²) in [7, 11) is 0. The van der Waals surface area contributed by atoms with Crippen molar-refractivity contribution in [3.8, 4) is 39.1 Å². The zero-order valence-electron chi connectivity index (χ0n) is 51.3. The summed E-state index contributed by atoms with van der Waals surface area (Å²) in [6, 6.07) is 33.5. The van der Waals surface area contributed by atoms with Crippen LogP contribution >= 0.6 is 0 Å². The van der Waals surface area contributed by atoms with E-state index in [0.717, 1.165) is 49.5 Å². The summed E-state index contributed by atoms with van der Waals surface area (Å²) in [4.78, 5) is 1.05. The predicted octanol–water partition coefficient (Wildman–Crippen LogP) is 16.0. The Bertz CT molecular complexity index is 4230. The number of benzene rings is 10. The summed E-state index contributed by atoms with van der Waals surface area (Å²) in [5.41, 5.74) is 4.13. The van der Waals surface area contributed by atoms with E-state index in [1.165, 1.54) is 0 Å². The molecule has 0 fully saturated rings. The van der Waals surface area contributed by atoms with Gasteiger partial charge < -0.3 is 9.47 Å². The number of aromatic nitrogens is 1. The van der Waals surface area contributed by atoms with Gasteiger partial charge in [-0.15, -0.1) is 0 Å². The Labute approximate surface area is 393 Å². The first-order valence-corrected chi connectivity index (χ1v) is 20.3. The maximum absolute atomic E-state index is 9.67. The van der Waals surface area contributed by atoms with E-state index in [9.17, 15) is 11.0 Å². The molecule has 1 aliphatic carbocycles. The van der Waals surface area contributed by atoms with Gasteiger partial charge in [0.2, 0.25) is 0 Å². The summed E-state index contributed by atoms with van der Waals surface area (Å²) < 4.78 is 163. The first kappa shape index (κ1) is 22.6. The number of rotatable bonds is 8. The van der Waals surface area contributed by atoms with Crippen LogP contribution in [0, 0.1) is 0 Å². The maximum Gasteiger partial charge on any atom is 0.0714 e. The molecule has 1 aliphatic rings. The van der Waals surface area contributed by atoms with Crippen LogP contribution in [0.25, 0.3) is 60.9 Å². The largest absolute Gasteiger partial charge is 0.310 e. The molecular formula is C61H42N2. The molecule has 2 nitrogen and oxygen atoms in total. The third-order valence-corrected chi connectivity index (χ3v) is 11.8. The minimum atomic E-state index is -0.849. The fourth-order valence-electron chi connectivity index (χ4n) is 9.23. The third-order valence-electron chi connectivity index (χ3n) is 11.8. The van der Waals surface area contributed by atoms with Crippen molar-refractivity contribution < 1.29 is 24.7 Å². The molecule has 0 radical (unpaired) electrons. The van der Waals surface area contributed by atoms with Crippen molar-refractivity contribution in [2.45, 2.75) is 5.41 Å². The van der Waals surface area contributed by atoms with Gasteiger partial charge in [-0.1, -0.05) is 200 Å². The van der Waals surface area contributed by atoms with Crippen LogP contribution in [0.5, 0.6) is 0 Å². The molecule has 0 spiro atoms. The highest BCUT2D eigenvalue weighted by molar-refractivity contribution is 6.11. The van der Waals surface area contributed by atoms with Gasteiger partial charge in [-0.3, -0.25) is 0 Å². The molecule has 0 saturated carbocycles. The quantitative estimate of drug-likeness (QED) is 0.148. The second kappa shape index (κ2) is 15.1. The van der Waals surface area contributed by atoms with Crippen LogP contribution in [0.1, 0.15) is 46.9 Å². The first-order valence-electron chi connectivity index (χ1n) is 29.3. The zero-order chi connectivity index (χ0) is 57.4. The van der Waals surface area contributed by atoms with Crippen molar-refractivity contribution in [2.75, 3.05) is 4.90 Å². The van der Waals surface area contributed by atoms with E-state index in [1.807, 2.05) is 78.9 Å². The van der Waals surface area contributed by atoms with Gasteiger partial charge in [0.05, 0.1) is 46.8 Å². The molecule has 63 heavy (non-hydrogen) atoms. The van der Waals surface area contributed by atoms with E-state index in [0.29, 0.717) is 16.3 Å². The van der Waals surface area contributed by atoms with Crippen LogP contribution in [0.2, 0.25) is 0 Å². The Morgan fingerprint density at radius 3 is 1.51 bits per heavy atom. The maximum atomic E-state index is 9.67. The van der Waals surface area contributed by atoms with Gasteiger partial charge in [0, 0.05) is 33.4 Å². The molecule has 0 aliphatic heterocycles. The smallest absolute Gasteiger partial charge is 0.0714 e. The van der Waals surface area contributed by atoms with Crippen molar-refractivity contribution in [3.05, 3.63) is 277 Å². The monoisotopic (exact) mass is 820 g/mol. The molecule has 2 heteroatoms. The van der Waals surface area contributed by atoms with Crippen LogP contribution in [0.15, 0.2) is 254 Å². The number of para-hydroxylation sites is 1. The summed E-state index contributed by atoms with van der Waals surface area (Å²) in [5, 5.41) is 1.29. The summed E-state index contributed by atoms with van der Waals surface area (Å²) >= 11 is 0. The highest BCUT2D eigenvalue weighted by Crippen LogP contribution is 2.58. The fourth-order valence-corrected chi connectivity index (χ4v) is 9.23. The molecular weight excluding hydrogens is 761 g/mol. The van der Waals surface area contributed by atoms with Gasteiger partial charge in [0.1, 0.15) is 0 Å². The second-order valence-corrected chi connectivity index (χ2v) is 15.1. The molecule has 0 amide bonds. The highest BCUT2D eigenvalue weighted by atomic mass is 15.1. The van der Waals surface area contributed by atoms with E-state index in [4.69, 9.17) is 13.7 Å². The topological polar surface area (TPSA) is 8.17 Å². The Hall–Kier alpha value is -8.20. The lowest BCUT2D eigenvalue weighted by Crippen LogP contribution is -2.28. The molecule has 1 heterocycles. The lowest BCUT2D eigenvalue weighted by molar-refractivity contribution is 0.768. The Morgan fingerprint density at radius 1 is 0.381 bits per heavy atom. The molecule has 10 aromatic carbocycles. The standard InChI is InChI=1S/C61H42N2/c1-5-18-43(19-6-1)45-32-36-49(37-33-45)62(50-38-34-46(35-39-50)44-20-7-2-8-21-44)51-40-41-58-54(42-51)52-26-14-16-30-57(52)63(58)59-31-17-29-56-60(59)53-27-13-15-28-55(53)61(56,47-22-9-3-10-23-47)48-24-11-4-12-25-48/h1-42H/i1D,2D,5D,6D,7D,8D,18D,19D,20D,21D,32D,33D,34D,35D,36D,37D,38D,39D. The van der Waals surface area contributed by atoms with Gasteiger partial charge in [0.15, 0.2) is 0 Å². The first-order chi connectivity index (χ1) is 38.8. The van der Waals surface area contributed by atoms with Gasteiger partial charge in [-0.2, -0.15) is 0 Å². The van der Waals surface area contributed by atoms with Crippen molar-refractivity contribution >= 4 is 38.9 Å². The SMILES string of the molecule is [2H]c1c([2H])c([2H])c(-c2c([2H])c([2H])c(N(c3ccc4c(c3)c3ccccc3n4-c3cccc4c3-c3ccccc3C4(c3ccccc3)c3ccccc3)c3c([2H])c([2H])c(-c4c([2H])c([2H])c([2H])c([2H])c4[2H])c([2H])c3[2H])c([2H])c2[2H])c([2H])c1[2H]. The minimum Gasteiger partial charge on any atom is -0.310 e. The Balaban J connectivity index is 1.16. The molecule has 11 aromatic rings. The predicted molar refractivity (Wildman–Crippen MR) is 264 cm³/mol. The van der Waals surface area contributed by atoms with Gasteiger partial charge in [-0.25, -0.2) is 0 Å². The van der Waals surface area contributed by atoms with Crippen molar-refractivity contribution in [3.63, 3.8) is 0 Å². The summed E-state index contributed by atoms with van der Waals surface area (Å²) in [6.45, 7) is 0. The van der Waals surface area contributed by atoms with E-state index >= 15 is 0 Å². The molecule has 0 saturated heterocycles. The molecule has 0 bridgehead atoms. The zero-order valence-corrected chi connectivity index (χ0v) is 33.3.